The van der Waals surface area contributed by atoms with Gasteiger partial charge in [-0.3, -0.25) is 9.59 Å². The molecule has 3 aliphatic rings. The number of carbonyl (C=O) groups excluding carboxylic acids is 2. The van der Waals surface area contributed by atoms with Crippen LogP contribution < -0.4 is 10.6 Å². The molecule has 5 heteroatoms. The van der Waals surface area contributed by atoms with Gasteiger partial charge in [0, 0.05) is 37.6 Å². The third kappa shape index (κ3) is 2.61. The summed E-state index contributed by atoms with van der Waals surface area (Å²) in [5.74, 6) is 0.525. The van der Waals surface area contributed by atoms with Crippen molar-refractivity contribution in [2.75, 3.05) is 13.1 Å². The molecule has 2 amide bonds. The van der Waals surface area contributed by atoms with Crippen LogP contribution in [0.5, 0.6) is 0 Å². The largest absolute Gasteiger partial charge is 0.352 e. The summed E-state index contributed by atoms with van der Waals surface area (Å²) in [5, 5.41) is 6.57. The highest BCUT2D eigenvalue weighted by Crippen LogP contribution is 2.33. The van der Waals surface area contributed by atoms with Crippen molar-refractivity contribution in [1.82, 2.24) is 15.5 Å². The van der Waals surface area contributed by atoms with E-state index in [0.29, 0.717) is 25.0 Å². The standard InChI is InChI=1S/C14H23N3O2/c1-9(8-17-6-2-3-13(17)18)15-14(19)11-7-10-4-5-12(11)16-10/h9-12,16H,2-8H2,1H3,(H,15,19). The minimum absolute atomic E-state index is 0.0497. The molecule has 19 heavy (non-hydrogen) atoms. The zero-order valence-electron chi connectivity index (χ0n) is 11.5. The highest BCUT2D eigenvalue weighted by Gasteiger charge is 2.42. The van der Waals surface area contributed by atoms with Crippen LogP contribution in [-0.2, 0) is 9.59 Å². The van der Waals surface area contributed by atoms with E-state index < -0.39 is 0 Å². The van der Waals surface area contributed by atoms with Crippen molar-refractivity contribution in [3.8, 4) is 0 Å². The number of amides is 2. The maximum absolute atomic E-state index is 12.2. The third-order valence-electron chi connectivity index (χ3n) is 4.69. The molecule has 3 fully saturated rings. The van der Waals surface area contributed by atoms with Crippen molar-refractivity contribution in [1.29, 1.82) is 0 Å². The molecule has 3 heterocycles. The van der Waals surface area contributed by atoms with E-state index in [0.717, 1.165) is 25.8 Å². The molecule has 2 N–H and O–H groups in total. The number of hydrogen-bond acceptors (Lipinski definition) is 3. The maximum atomic E-state index is 12.2. The SMILES string of the molecule is CC(CN1CCCC1=O)NC(=O)C1CC2CCC1N2. The Balaban J connectivity index is 1.48. The first-order valence-electron chi connectivity index (χ1n) is 7.47. The molecule has 0 saturated carbocycles. The second kappa shape index (κ2) is 5.12. The average Bonchev–Trinajstić information content (AvgIpc) is 3.06. The summed E-state index contributed by atoms with van der Waals surface area (Å²) in [5.41, 5.74) is 0. The van der Waals surface area contributed by atoms with Gasteiger partial charge < -0.3 is 15.5 Å². The highest BCUT2D eigenvalue weighted by molar-refractivity contribution is 5.81. The van der Waals surface area contributed by atoms with E-state index >= 15 is 0 Å². The smallest absolute Gasteiger partial charge is 0.225 e. The van der Waals surface area contributed by atoms with Crippen LogP contribution in [0.1, 0.15) is 39.0 Å². The molecule has 0 spiro atoms. The first kappa shape index (κ1) is 12.9. The number of likely N-dealkylation sites (tertiary alicyclic amines) is 1. The Hall–Kier alpha value is -1.10. The van der Waals surface area contributed by atoms with Crippen LogP contribution in [0.15, 0.2) is 0 Å². The Labute approximate surface area is 114 Å². The van der Waals surface area contributed by atoms with Gasteiger partial charge in [0.05, 0.1) is 5.92 Å². The van der Waals surface area contributed by atoms with Gasteiger partial charge in [-0.15, -0.1) is 0 Å². The molecular formula is C14H23N3O2. The van der Waals surface area contributed by atoms with E-state index in [4.69, 9.17) is 0 Å². The fourth-order valence-electron chi connectivity index (χ4n) is 3.74. The first-order chi connectivity index (χ1) is 9.13. The lowest BCUT2D eigenvalue weighted by Gasteiger charge is -2.25. The van der Waals surface area contributed by atoms with Crippen molar-refractivity contribution in [3.05, 3.63) is 0 Å². The van der Waals surface area contributed by atoms with Gasteiger partial charge in [-0.25, -0.2) is 0 Å². The van der Waals surface area contributed by atoms with Crippen molar-refractivity contribution in [2.45, 2.75) is 57.2 Å². The molecule has 3 rings (SSSR count). The summed E-state index contributed by atoms with van der Waals surface area (Å²) in [4.78, 5) is 25.7. The van der Waals surface area contributed by atoms with Crippen molar-refractivity contribution >= 4 is 11.8 Å². The zero-order chi connectivity index (χ0) is 13.4. The fourth-order valence-corrected chi connectivity index (χ4v) is 3.74. The number of nitrogens with zero attached hydrogens (tertiary/aromatic N) is 1. The van der Waals surface area contributed by atoms with Crippen LogP contribution in [0.2, 0.25) is 0 Å². The van der Waals surface area contributed by atoms with Crippen molar-refractivity contribution < 1.29 is 9.59 Å². The summed E-state index contributed by atoms with van der Waals surface area (Å²) in [6.45, 7) is 3.48. The van der Waals surface area contributed by atoms with Crippen LogP contribution in [-0.4, -0.2) is 47.9 Å². The molecule has 0 aromatic carbocycles. The lowest BCUT2D eigenvalue weighted by molar-refractivity contribution is -0.130. The van der Waals surface area contributed by atoms with E-state index in [1.54, 1.807) is 0 Å². The molecular weight excluding hydrogens is 242 g/mol. The second-order valence-electron chi connectivity index (χ2n) is 6.24. The van der Waals surface area contributed by atoms with Crippen LogP contribution in [0.3, 0.4) is 0 Å². The lowest BCUT2D eigenvalue weighted by Crippen LogP contribution is -2.46. The molecule has 4 atom stereocenters. The van der Waals surface area contributed by atoms with Gasteiger partial charge in [-0.05, 0) is 32.6 Å². The van der Waals surface area contributed by atoms with E-state index in [1.165, 1.54) is 6.42 Å². The Morgan fingerprint density at radius 3 is 2.95 bits per heavy atom. The number of fused-ring (bicyclic) bond motifs is 2. The van der Waals surface area contributed by atoms with Gasteiger partial charge in [0.1, 0.15) is 0 Å². The zero-order valence-corrected chi connectivity index (χ0v) is 11.5. The molecule has 0 radical (unpaired) electrons. The van der Waals surface area contributed by atoms with Gasteiger partial charge in [-0.2, -0.15) is 0 Å². The molecule has 5 nitrogen and oxygen atoms in total. The predicted octanol–water partition coefficient (Wildman–Crippen LogP) is 0.254. The molecule has 4 unspecified atom stereocenters. The Morgan fingerprint density at radius 2 is 2.37 bits per heavy atom. The molecule has 2 bridgehead atoms. The average molecular weight is 265 g/mol. The van der Waals surface area contributed by atoms with E-state index in [9.17, 15) is 9.59 Å². The van der Waals surface area contributed by atoms with Crippen molar-refractivity contribution in [3.63, 3.8) is 0 Å². The molecule has 0 aliphatic carbocycles. The fraction of sp³-hybridized carbons (Fsp3) is 0.857. The van der Waals surface area contributed by atoms with Gasteiger partial charge in [0.25, 0.3) is 0 Å². The topological polar surface area (TPSA) is 61.4 Å². The predicted molar refractivity (Wildman–Crippen MR) is 71.5 cm³/mol. The van der Waals surface area contributed by atoms with E-state index in [2.05, 4.69) is 10.6 Å². The van der Waals surface area contributed by atoms with E-state index in [1.807, 2.05) is 11.8 Å². The highest BCUT2D eigenvalue weighted by atomic mass is 16.2. The lowest BCUT2D eigenvalue weighted by atomic mass is 9.88. The minimum Gasteiger partial charge on any atom is -0.352 e. The van der Waals surface area contributed by atoms with Crippen LogP contribution >= 0.6 is 0 Å². The van der Waals surface area contributed by atoms with Gasteiger partial charge in [-0.1, -0.05) is 0 Å². The molecule has 3 aliphatic heterocycles. The monoisotopic (exact) mass is 265 g/mol. The maximum Gasteiger partial charge on any atom is 0.225 e. The summed E-state index contributed by atoms with van der Waals surface area (Å²) < 4.78 is 0. The normalized spacial score (nSPS) is 34.9. The van der Waals surface area contributed by atoms with Crippen LogP contribution in [0, 0.1) is 5.92 Å². The van der Waals surface area contributed by atoms with Crippen LogP contribution in [0.4, 0.5) is 0 Å². The summed E-state index contributed by atoms with van der Waals surface area (Å²) in [7, 11) is 0. The van der Waals surface area contributed by atoms with Gasteiger partial charge in [0.2, 0.25) is 11.8 Å². The Kier molecular flexibility index (Phi) is 3.48. The quantitative estimate of drug-likeness (QED) is 0.766. The summed E-state index contributed by atoms with van der Waals surface area (Å²) in [6, 6.07) is 0.982. The van der Waals surface area contributed by atoms with Gasteiger partial charge in [0.15, 0.2) is 0 Å². The number of nitrogens with one attached hydrogen (secondary N) is 2. The molecule has 0 aromatic heterocycles. The first-order valence-corrected chi connectivity index (χ1v) is 7.47. The Bertz CT molecular complexity index is 385. The number of carbonyl (C=O) groups is 2. The molecule has 0 aromatic rings. The van der Waals surface area contributed by atoms with E-state index in [-0.39, 0.29) is 23.8 Å². The van der Waals surface area contributed by atoms with Crippen molar-refractivity contribution in [2.24, 2.45) is 5.92 Å². The number of hydrogen-bond donors (Lipinski definition) is 2. The number of rotatable bonds is 4. The second-order valence-corrected chi connectivity index (χ2v) is 6.24. The third-order valence-corrected chi connectivity index (χ3v) is 4.69. The molecule has 106 valence electrons. The minimum atomic E-state index is 0.0497. The Morgan fingerprint density at radius 1 is 1.53 bits per heavy atom. The summed E-state index contributed by atoms with van der Waals surface area (Å²) in [6.07, 6.45) is 4.94. The van der Waals surface area contributed by atoms with Gasteiger partial charge >= 0.3 is 0 Å². The molecule has 3 saturated heterocycles. The summed E-state index contributed by atoms with van der Waals surface area (Å²) >= 11 is 0. The van der Waals surface area contributed by atoms with Crippen LogP contribution in [0.25, 0.3) is 0 Å².